The predicted octanol–water partition coefficient (Wildman–Crippen LogP) is 2.33. The number of aromatic nitrogens is 6. The van der Waals surface area contributed by atoms with Crippen molar-refractivity contribution in [2.24, 2.45) is 0 Å². The maximum Gasteiger partial charge on any atom is 0.162 e. The number of rotatable bonds is 4. The Morgan fingerprint density at radius 1 is 1.16 bits per heavy atom. The summed E-state index contributed by atoms with van der Waals surface area (Å²) in [6.45, 7) is 2.09. The first-order valence-electron chi connectivity index (χ1n) is 7.99. The lowest BCUT2D eigenvalue weighted by atomic mass is 10.1. The molecule has 4 aromatic rings. The number of nitriles is 1. The van der Waals surface area contributed by atoms with E-state index in [-0.39, 0.29) is 0 Å². The SMILES string of the molecule is CCc1c(Cc2ccnn2-c2cccc(C#N)c2)ncn2ncnc12. The van der Waals surface area contributed by atoms with E-state index in [1.807, 2.05) is 28.9 Å². The molecule has 0 aliphatic rings. The third-order valence-corrected chi connectivity index (χ3v) is 4.16. The lowest BCUT2D eigenvalue weighted by Gasteiger charge is -2.10. The highest BCUT2D eigenvalue weighted by Gasteiger charge is 2.13. The van der Waals surface area contributed by atoms with Crippen LogP contribution in [0.4, 0.5) is 0 Å². The van der Waals surface area contributed by atoms with Gasteiger partial charge in [0.25, 0.3) is 0 Å². The fraction of sp³-hybridized carbons (Fsp3) is 0.167. The van der Waals surface area contributed by atoms with E-state index in [9.17, 15) is 0 Å². The molecule has 7 heteroatoms. The molecule has 0 saturated heterocycles. The number of fused-ring (bicyclic) bond motifs is 1. The van der Waals surface area contributed by atoms with E-state index in [1.165, 1.54) is 6.33 Å². The summed E-state index contributed by atoms with van der Waals surface area (Å²) in [5, 5.41) is 17.7. The van der Waals surface area contributed by atoms with Crippen molar-refractivity contribution >= 4 is 5.65 Å². The van der Waals surface area contributed by atoms with Crippen molar-refractivity contribution in [2.75, 3.05) is 0 Å². The summed E-state index contributed by atoms with van der Waals surface area (Å²) in [6.07, 6.45) is 6.44. The van der Waals surface area contributed by atoms with Gasteiger partial charge in [0.05, 0.1) is 28.7 Å². The van der Waals surface area contributed by atoms with E-state index < -0.39 is 0 Å². The maximum absolute atomic E-state index is 9.11. The summed E-state index contributed by atoms with van der Waals surface area (Å²) in [5.41, 5.74) is 5.35. The minimum atomic E-state index is 0.608. The van der Waals surface area contributed by atoms with E-state index in [2.05, 4.69) is 33.2 Å². The number of aryl methyl sites for hydroxylation is 1. The Labute approximate surface area is 144 Å². The maximum atomic E-state index is 9.11. The summed E-state index contributed by atoms with van der Waals surface area (Å²) < 4.78 is 3.53. The second-order valence-electron chi connectivity index (χ2n) is 5.62. The number of nitrogens with zero attached hydrogens (tertiary/aromatic N) is 7. The first-order chi connectivity index (χ1) is 12.3. The highest BCUT2D eigenvalue weighted by Crippen LogP contribution is 2.19. The van der Waals surface area contributed by atoms with Gasteiger partial charge in [0, 0.05) is 18.2 Å². The van der Waals surface area contributed by atoms with Crippen molar-refractivity contribution in [1.29, 1.82) is 5.26 Å². The molecule has 0 unspecified atom stereocenters. The van der Waals surface area contributed by atoms with Crippen molar-refractivity contribution in [3.63, 3.8) is 0 Å². The smallest absolute Gasteiger partial charge is 0.162 e. The first kappa shape index (κ1) is 15.0. The molecule has 0 aliphatic carbocycles. The number of hydrogen-bond acceptors (Lipinski definition) is 5. The van der Waals surface area contributed by atoms with Gasteiger partial charge in [0.2, 0.25) is 0 Å². The van der Waals surface area contributed by atoms with E-state index >= 15 is 0 Å². The highest BCUT2D eigenvalue weighted by molar-refractivity contribution is 5.49. The van der Waals surface area contributed by atoms with E-state index in [1.54, 1.807) is 23.1 Å². The Morgan fingerprint density at radius 3 is 2.92 bits per heavy atom. The quantitative estimate of drug-likeness (QED) is 0.574. The third kappa shape index (κ3) is 2.64. The number of hydrogen-bond donors (Lipinski definition) is 0. The normalized spacial score (nSPS) is 10.9. The average Bonchev–Trinajstić information content (AvgIpc) is 3.31. The molecular weight excluding hydrogens is 314 g/mol. The number of benzene rings is 1. The fourth-order valence-corrected chi connectivity index (χ4v) is 2.97. The van der Waals surface area contributed by atoms with Gasteiger partial charge in [-0.05, 0) is 30.7 Å². The van der Waals surface area contributed by atoms with Crippen LogP contribution in [0.15, 0.2) is 49.2 Å². The second-order valence-corrected chi connectivity index (χ2v) is 5.62. The zero-order chi connectivity index (χ0) is 17.2. The van der Waals surface area contributed by atoms with Crippen LogP contribution in [0.1, 0.15) is 29.4 Å². The molecule has 1 aromatic carbocycles. The van der Waals surface area contributed by atoms with Gasteiger partial charge in [-0.2, -0.15) is 15.5 Å². The summed E-state index contributed by atoms with van der Waals surface area (Å²) in [6, 6.07) is 11.5. The van der Waals surface area contributed by atoms with Crippen LogP contribution in [-0.4, -0.2) is 29.4 Å². The second kappa shape index (κ2) is 6.17. The highest BCUT2D eigenvalue weighted by atomic mass is 15.3. The molecule has 122 valence electrons. The first-order valence-corrected chi connectivity index (χ1v) is 7.99. The van der Waals surface area contributed by atoms with Crippen LogP contribution in [0.3, 0.4) is 0 Å². The van der Waals surface area contributed by atoms with Gasteiger partial charge in [-0.1, -0.05) is 13.0 Å². The Kier molecular flexibility index (Phi) is 3.71. The summed E-state index contributed by atoms with van der Waals surface area (Å²) in [7, 11) is 0. The molecule has 3 aromatic heterocycles. The summed E-state index contributed by atoms with van der Waals surface area (Å²) >= 11 is 0. The van der Waals surface area contributed by atoms with Gasteiger partial charge in [0.1, 0.15) is 12.7 Å². The molecule has 0 radical (unpaired) electrons. The zero-order valence-electron chi connectivity index (χ0n) is 13.7. The molecule has 0 atom stereocenters. The minimum Gasteiger partial charge on any atom is -0.240 e. The Balaban J connectivity index is 1.76. The minimum absolute atomic E-state index is 0.608. The molecule has 0 saturated carbocycles. The van der Waals surface area contributed by atoms with Crippen molar-refractivity contribution in [2.45, 2.75) is 19.8 Å². The van der Waals surface area contributed by atoms with Crippen molar-refractivity contribution < 1.29 is 0 Å². The topological polar surface area (TPSA) is 84.7 Å². The van der Waals surface area contributed by atoms with Gasteiger partial charge in [-0.15, -0.1) is 0 Å². The molecule has 4 rings (SSSR count). The lowest BCUT2D eigenvalue weighted by molar-refractivity contribution is 0.801. The van der Waals surface area contributed by atoms with Gasteiger partial charge in [-0.3, -0.25) is 0 Å². The molecule has 0 amide bonds. The van der Waals surface area contributed by atoms with Gasteiger partial charge >= 0.3 is 0 Å². The molecule has 0 bridgehead atoms. The lowest BCUT2D eigenvalue weighted by Crippen LogP contribution is -2.08. The van der Waals surface area contributed by atoms with Crippen LogP contribution < -0.4 is 0 Å². The Morgan fingerprint density at radius 2 is 2.08 bits per heavy atom. The van der Waals surface area contributed by atoms with E-state index in [0.29, 0.717) is 12.0 Å². The molecule has 0 spiro atoms. The third-order valence-electron chi connectivity index (χ3n) is 4.16. The predicted molar refractivity (Wildman–Crippen MR) is 91.2 cm³/mol. The van der Waals surface area contributed by atoms with Gasteiger partial charge in [0.15, 0.2) is 5.65 Å². The average molecular weight is 329 g/mol. The monoisotopic (exact) mass is 329 g/mol. The summed E-state index contributed by atoms with van der Waals surface area (Å²) in [4.78, 5) is 8.90. The molecule has 0 aliphatic heterocycles. The van der Waals surface area contributed by atoms with Crippen molar-refractivity contribution in [3.8, 4) is 11.8 Å². The van der Waals surface area contributed by atoms with Gasteiger partial charge in [-0.25, -0.2) is 19.2 Å². The van der Waals surface area contributed by atoms with Crippen molar-refractivity contribution in [3.05, 3.63) is 71.7 Å². The van der Waals surface area contributed by atoms with Crippen LogP contribution in [-0.2, 0) is 12.8 Å². The molecule has 3 heterocycles. The van der Waals surface area contributed by atoms with Crippen LogP contribution in [0.25, 0.3) is 11.3 Å². The molecule has 25 heavy (non-hydrogen) atoms. The molecule has 0 N–H and O–H groups in total. The van der Waals surface area contributed by atoms with Crippen molar-refractivity contribution in [1.82, 2.24) is 29.4 Å². The van der Waals surface area contributed by atoms with Crippen LogP contribution in [0.5, 0.6) is 0 Å². The molecular formula is C18H15N7. The standard InChI is InChI=1S/C18H15N7/c1-2-16-17(21-12-24-18(16)20-11-23-24)9-15-6-7-22-25(15)14-5-3-4-13(8-14)10-19/h3-8,11-12H,2,9H2,1H3. The fourth-order valence-electron chi connectivity index (χ4n) is 2.97. The zero-order valence-corrected chi connectivity index (χ0v) is 13.7. The van der Waals surface area contributed by atoms with E-state index in [0.717, 1.165) is 34.7 Å². The molecule has 7 nitrogen and oxygen atoms in total. The van der Waals surface area contributed by atoms with Crippen LogP contribution in [0.2, 0.25) is 0 Å². The van der Waals surface area contributed by atoms with Gasteiger partial charge < -0.3 is 0 Å². The molecule has 0 fully saturated rings. The van der Waals surface area contributed by atoms with E-state index in [4.69, 9.17) is 5.26 Å². The largest absolute Gasteiger partial charge is 0.240 e. The van der Waals surface area contributed by atoms with Crippen LogP contribution in [0, 0.1) is 11.3 Å². The van der Waals surface area contributed by atoms with Crippen LogP contribution >= 0.6 is 0 Å². The Hall–Kier alpha value is -3.53. The summed E-state index contributed by atoms with van der Waals surface area (Å²) in [5.74, 6) is 0. The Bertz CT molecular complexity index is 1080.